The summed E-state index contributed by atoms with van der Waals surface area (Å²) in [5.74, 6) is 4.88. The van der Waals surface area contributed by atoms with Gasteiger partial charge in [-0.15, -0.1) is 0 Å². The standard InChI is InChI=1S/C14H21BN2O3/c1-13(2)14(3,4)20-15(19-13)11-7-5-6-10(8-11)9-12(18)17-16/h5-8H,9,16H2,1-4H3,(H,17,18). The zero-order valence-corrected chi connectivity index (χ0v) is 12.4. The third-order valence-corrected chi connectivity index (χ3v) is 4.00. The van der Waals surface area contributed by atoms with Crippen molar-refractivity contribution in [2.45, 2.75) is 45.3 Å². The van der Waals surface area contributed by atoms with Crippen LogP contribution in [0.5, 0.6) is 0 Å². The van der Waals surface area contributed by atoms with E-state index in [0.717, 1.165) is 11.0 Å². The van der Waals surface area contributed by atoms with Gasteiger partial charge in [-0.05, 0) is 38.7 Å². The molecule has 20 heavy (non-hydrogen) atoms. The number of rotatable bonds is 3. The van der Waals surface area contributed by atoms with Gasteiger partial charge in [0, 0.05) is 0 Å². The molecule has 1 aliphatic heterocycles. The van der Waals surface area contributed by atoms with Crippen molar-refractivity contribution < 1.29 is 14.1 Å². The van der Waals surface area contributed by atoms with Crippen LogP contribution in [0.2, 0.25) is 0 Å². The Kier molecular flexibility index (Phi) is 3.91. The molecule has 0 unspecified atom stereocenters. The van der Waals surface area contributed by atoms with E-state index in [2.05, 4.69) is 5.43 Å². The zero-order valence-electron chi connectivity index (χ0n) is 12.4. The van der Waals surface area contributed by atoms with Crippen LogP contribution in [-0.2, 0) is 20.5 Å². The summed E-state index contributed by atoms with van der Waals surface area (Å²) in [4.78, 5) is 11.3. The highest BCUT2D eigenvalue weighted by Crippen LogP contribution is 2.36. The third kappa shape index (κ3) is 2.87. The fourth-order valence-corrected chi connectivity index (χ4v) is 2.07. The second kappa shape index (κ2) is 5.20. The molecule has 6 heteroatoms. The Morgan fingerprint density at radius 2 is 1.85 bits per heavy atom. The maximum Gasteiger partial charge on any atom is 0.494 e. The molecular formula is C14H21BN2O3. The summed E-state index contributed by atoms with van der Waals surface area (Å²) in [7, 11) is -0.416. The molecule has 1 saturated heterocycles. The van der Waals surface area contributed by atoms with Crippen LogP contribution < -0.4 is 16.7 Å². The predicted octanol–water partition coefficient (Wildman–Crippen LogP) is 0.518. The minimum Gasteiger partial charge on any atom is -0.399 e. The number of amides is 1. The Balaban J connectivity index is 2.19. The van der Waals surface area contributed by atoms with E-state index in [1.54, 1.807) is 0 Å². The number of carbonyl (C=O) groups excluding carboxylic acids is 1. The largest absolute Gasteiger partial charge is 0.494 e. The van der Waals surface area contributed by atoms with Crippen molar-refractivity contribution in [3.63, 3.8) is 0 Å². The molecule has 0 aliphatic carbocycles. The van der Waals surface area contributed by atoms with E-state index in [1.165, 1.54) is 0 Å². The number of benzene rings is 1. The number of nitrogens with one attached hydrogen (secondary N) is 1. The Bertz CT molecular complexity index is 501. The molecule has 2 rings (SSSR count). The minimum absolute atomic E-state index is 0.226. The predicted molar refractivity (Wildman–Crippen MR) is 78.2 cm³/mol. The molecule has 3 N–H and O–H groups in total. The van der Waals surface area contributed by atoms with Crippen molar-refractivity contribution in [1.82, 2.24) is 5.43 Å². The first kappa shape index (κ1) is 15.0. The molecule has 1 aromatic rings. The lowest BCUT2D eigenvalue weighted by molar-refractivity contribution is -0.120. The first-order valence-electron chi connectivity index (χ1n) is 6.69. The van der Waals surface area contributed by atoms with Gasteiger partial charge in [-0.3, -0.25) is 10.2 Å². The molecule has 108 valence electrons. The summed E-state index contributed by atoms with van der Waals surface area (Å²) >= 11 is 0. The van der Waals surface area contributed by atoms with E-state index < -0.39 is 7.12 Å². The van der Waals surface area contributed by atoms with Crippen LogP contribution in [0, 0.1) is 0 Å². The third-order valence-electron chi connectivity index (χ3n) is 4.00. The van der Waals surface area contributed by atoms with E-state index in [-0.39, 0.29) is 23.5 Å². The second-order valence-electron chi connectivity index (χ2n) is 6.08. The summed E-state index contributed by atoms with van der Waals surface area (Å²) < 4.78 is 12.0. The fourth-order valence-electron chi connectivity index (χ4n) is 2.07. The molecule has 0 bridgehead atoms. The molecule has 0 aromatic heterocycles. The molecular weight excluding hydrogens is 255 g/mol. The Hall–Kier alpha value is -1.37. The van der Waals surface area contributed by atoms with Crippen LogP contribution in [0.3, 0.4) is 0 Å². The lowest BCUT2D eigenvalue weighted by Crippen LogP contribution is -2.41. The summed E-state index contributed by atoms with van der Waals surface area (Å²) in [6.07, 6.45) is 0.240. The van der Waals surface area contributed by atoms with Crippen LogP contribution in [0.4, 0.5) is 0 Å². The van der Waals surface area contributed by atoms with E-state index in [0.29, 0.717) is 0 Å². The fraction of sp³-hybridized carbons (Fsp3) is 0.500. The van der Waals surface area contributed by atoms with Gasteiger partial charge in [0.15, 0.2) is 0 Å². The summed E-state index contributed by atoms with van der Waals surface area (Å²) in [5, 5.41) is 0. The number of hydrogen-bond acceptors (Lipinski definition) is 4. The first-order valence-corrected chi connectivity index (χ1v) is 6.69. The lowest BCUT2D eigenvalue weighted by Gasteiger charge is -2.32. The van der Waals surface area contributed by atoms with Gasteiger partial charge in [-0.2, -0.15) is 0 Å². The molecule has 5 nitrogen and oxygen atoms in total. The molecule has 1 amide bonds. The molecule has 1 heterocycles. The monoisotopic (exact) mass is 276 g/mol. The van der Waals surface area contributed by atoms with Gasteiger partial charge in [0.2, 0.25) is 5.91 Å². The molecule has 0 atom stereocenters. The normalized spacial score (nSPS) is 19.9. The zero-order chi connectivity index (χ0) is 15.0. The molecule has 0 saturated carbocycles. The van der Waals surface area contributed by atoms with Gasteiger partial charge >= 0.3 is 7.12 Å². The highest BCUT2D eigenvalue weighted by atomic mass is 16.7. The molecule has 1 fully saturated rings. The number of hydrazine groups is 1. The minimum atomic E-state index is -0.416. The van der Waals surface area contributed by atoms with Crippen LogP contribution in [0.25, 0.3) is 0 Å². The highest BCUT2D eigenvalue weighted by molar-refractivity contribution is 6.62. The molecule has 1 aliphatic rings. The quantitative estimate of drug-likeness (QED) is 0.365. The van der Waals surface area contributed by atoms with Gasteiger partial charge in [-0.1, -0.05) is 24.3 Å². The second-order valence-corrected chi connectivity index (χ2v) is 6.08. The van der Waals surface area contributed by atoms with Crippen molar-refractivity contribution in [2.75, 3.05) is 0 Å². The van der Waals surface area contributed by atoms with Gasteiger partial charge < -0.3 is 9.31 Å². The van der Waals surface area contributed by atoms with Gasteiger partial charge in [0.05, 0.1) is 17.6 Å². The summed E-state index contributed by atoms with van der Waals surface area (Å²) in [6, 6.07) is 7.62. The van der Waals surface area contributed by atoms with Crippen LogP contribution in [-0.4, -0.2) is 24.2 Å². The summed E-state index contributed by atoms with van der Waals surface area (Å²) in [6.45, 7) is 8.05. The Morgan fingerprint density at radius 1 is 1.25 bits per heavy atom. The smallest absolute Gasteiger partial charge is 0.399 e. The number of carbonyl (C=O) groups is 1. The molecule has 1 aromatic carbocycles. The van der Waals surface area contributed by atoms with Gasteiger partial charge in [0.1, 0.15) is 0 Å². The molecule has 0 spiro atoms. The van der Waals surface area contributed by atoms with Crippen LogP contribution >= 0.6 is 0 Å². The van der Waals surface area contributed by atoms with Crippen molar-refractivity contribution >= 4 is 18.5 Å². The van der Waals surface area contributed by atoms with E-state index in [9.17, 15) is 4.79 Å². The SMILES string of the molecule is CC1(C)OB(c2cccc(CC(=O)NN)c2)OC1(C)C. The topological polar surface area (TPSA) is 73.6 Å². The molecule has 0 radical (unpaired) electrons. The number of hydrogen-bond donors (Lipinski definition) is 2. The van der Waals surface area contributed by atoms with E-state index in [1.807, 2.05) is 52.0 Å². The van der Waals surface area contributed by atoms with Gasteiger partial charge in [0.25, 0.3) is 0 Å². The van der Waals surface area contributed by atoms with Crippen molar-refractivity contribution in [2.24, 2.45) is 5.84 Å². The highest BCUT2D eigenvalue weighted by Gasteiger charge is 2.51. The number of nitrogens with two attached hydrogens (primary N) is 1. The Labute approximate surface area is 119 Å². The van der Waals surface area contributed by atoms with E-state index in [4.69, 9.17) is 15.2 Å². The van der Waals surface area contributed by atoms with E-state index >= 15 is 0 Å². The maximum absolute atomic E-state index is 11.3. The lowest BCUT2D eigenvalue weighted by atomic mass is 9.78. The average molecular weight is 276 g/mol. The Morgan fingerprint density at radius 3 is 2.40 bits per heavy atom. The summed E-state index contributed by atoms with van der Waals surface area (Å²) in [5.41, 5.74) is 3.17. The maximum atomic E-state index is 11.3. The van der Waals surface area contributed by atoms with Crippen LogP contribution in [0.1, 0.15) is 33.3 Å². The van der Waals surface area contributed by atoms with Crippen LogP contribution in [0.15, 0.2) is 24.3 Å². The average Bonchev–Trinajstić information content (AvgIpc) is 2.59. The van der Waals surface area contributed by atoms with Crippen molar-refractivity contribution in [3.05, 3.63) is 29.8 Å². The van der Waals surface area contributed by atoms with Gasteiger partial charge in [-0.25, -0.2) is 5.84 Å². The van der Waals surface area contributed by atoms with Crippen molar-refractivity contribution in [3.8, 4) is 0 Å². The first-order chi connectivity index (χ1) is 9.25. The van der Waals surface area contributed by atoms with Crippen molar-refractivity contribution in [1.29, 1.82) is 0 Å².